The molecule has 0 N–H and O–H groups in total. The molecule has 0 spiro atoms. The van der Waals surface area contributed by atoms with Gasteiger partial charge in [-0.3, -0.25) is 4.79 Å². The number of rotatable bonds is 3. The first kappa shape index (κ1) is 11.2. The van der Waals surface area contributed by atoms with Crippen LogP contribution in [0.4, 0.5) is 0 Å². The number of hydrogen-bond donors (Lipinski definition) is 0. The van der Waals surface area contributed by atoms with E-state index in [2.05, 4.69) is 11.2 Å². The van der Waals surface area contributed by atoms with Gasteiger partial charge in [0.2, 0.25) is 0 Å². The third kappa shape index (κ3) is 2.56. The monoisotopic (exact) mass is 207 g/mol. The van der Waals surface area contributed by atoms with E-state index >= 15 is 0 Å². The first-order chi connectivity index (χ1) is 7.06. The highest BCUT2D eigenvalue weighted by Crippen LogP contribution is 2.09. The van der Waals surface area contributed by atoms with Crippen molar-refractivity contribution in [2.45, 2.75) is 13.8 Å². The Labute approximate surface area is 88.3 Å². The number of nitriles is 1. The van der Waals surface area contributed by atoms with E-state index in [9.17, 15) is 4.79 Å². The minimum atomic E-state index is -0.181. The average molecular weight is 207 g/mol. The highest BCUT2D eigenvalue weighted by Gasteiger charge is 2.18. The summed E-state index contributed by atoms with van der Waals surface area (Å²) in [4.78, 5) is 13.3. The molecule has 1 heterocycles. The summed E-state index contributed by atoms with van der Waals surface area (Å²) in [6, 6.07) is 2.08. The number of aryl methyl sites for hydroxylation is 1. The Kier molecular flexibility index (Phi) is 3.45. The molecule has 0 aliphatic rings. The second kappa shape index (κ2) is 4.60. The third-order valence-electron chi connectivity index (χ3n) is 2.10. The highest BCUT2D eigenvalue weighted by molar-refractivity contribution is 5.94. The summed E-state index contributed by atoms with van der Waals surface area (Å²) in [5, 5.41) is 12.2. The zero-order valence-electron chi connectivity index (χ0n) is 9.02. The molecule has 5 nitrogen and oxygen atoms in total. The number of amides is 1. The SMILES string of the molecule is Cc1oncc1C(=O)N(C)CC(C)C#N. The Balaban J connectivity index is 2.70. The fourth-order valence-electron chi connectivity index (χ4n) is 1.24. The van der Waals surface area contributed by atoms with Crippen LogP contribution in [0.15, 0.2) is 10.7 Å². The van der Waals surface area contributed by atoms with Crippen LogP contribution < -0.4 is 0 Å². The Morgan fingerprint density at radius 1 is 1.80 bits per heavy atom. The second-order valence-electron chi connectivity index (χ2n) is 3.51. The van der Waals surface area contributed by atoms with Crippen molar-refractivity contribution in [2.24, 2.45) is 5.92 Å². The number of nitrogens with zero attached hydrogens (tertiary/aromatic N) is 3. The Morgan fingerprint density at radius 3 is 2.93 bits per heavy atom. The van der Waals surface area contributed by atoms with Crippen LogP contribution in [0.1, 0.15) is 23.0 Å². The highest BCUT2D eigenvalue weighted by atomic mass is 16.5. The van der Waals surface area contributed by atoms with Gasteiger partial charge in [-0.05, 0) is 13.8 Å². The Bertz CT molecular complexity index is 392. The first-order valence-corrected chi connectivity index (χ1v) is 4.62. The van der Waals surface area contributed by atoms with Gasteiger partial charge in [0.05, 0.1) is 18.2 Å². The largest absolute Gasteiger partial charge is 0.361 e. The van der Waals surface area contributed by atoms with E-state index in [0.717, 1.165) is 0 Å². The topological polar surface area (TPSA) is 70.1 Å². The van der Waals surface area contributed by atoms with E-state index in [4.69, 9.17) is 9.78 Å². The smallest absolute Gasteiger partial charge is 0.258 e. The van der Waals surface area contributed by atoms with E-state index in [0.29, 0.717) is 17.9 Å². The van der Waals surface area contributed by atoms with E-state index in [-0.39, 0.29) is 11.8 Å². The standard InChI is InChI=1S/C10H13N3O2/c1-7(4-11)6-13(3)10(14)9-5-12-15-8(9)2/h5,7H,6H2,1-3H3. The van der Waals surface area contributed by atoms with Gasteiger partial charge < -0.3 is 9.42 Å². The summed E-state index contributed by atoms with van der Waals surface area (Å²) in [6.07, 6.45) is 1.39. The summed E-state index contributed by atoms with van der Waals surface area (Å²) in [5.74, 6) is 0.145. The minimum absolute atomic E-state index is 0.171. The van der Waals surface area contributed by atoms with Gasteiger partial charge in [0, 0.05) is 13.6 Å². The van der Waals surface area contributed by atoms with Crippen LogP contribution in [0.2, 0.25) is 0 Å². The fraction of sp³-hybridized carbons (Fsp3) is 0.500. The quantitative estimate of drug-likeness (QED) is 0.747. The van der Waals surface area contributed by atoms with Gasteiger partial charge in [0.15, 0.2) is 0 Å². The predicted molar refractivity (Wildman–Crippen MR) is 53.0 cm³/mol. The van der Waals surface area contributed by atoms with Gasteiger partial charge in [0.1, 0.15) is 11.3 Å². The van der Waals surface area contributed by atoms with Crippen molar-refractivity contribution in [2.75, 3.05) is 13.6 Å². The zero-order valence-corrected chi connectivity index (χ0v) is 9.02. The molecule has 1 rings (SSSR count). The van der Waals surface area contributed by atoms with Crippen LogP contribution in [0.25, 0.3) is 0 Å². The molecule has 1 aromatic heterocycles. The molecule has 1 atom stereocenters. The lowest BCUT2D eigenvalue weighted by Gasteiger charge is -2.17. The predicted octanol–water partition coefficient (Wildman–Crippen LogP) is 1.21. The lowest BCUT2D eigenvalue weighted by molar-refractivity contribution is 0.0783. The van der Waals surface area contributed by atoms with Crippen LogP contribution in [0.5, 0.6) is 0 Å². The van der Waals surface area contributed by atoms with Crippen molar-refractivity contribution in [3.05, 3.63) is 17.5 Å². The van der Waals surface area contributed by atoms with Gasteiger partial charge in [-0.1, -0.05) is 5.16 Å². The first-order valence-electron chi connectivity index (χ1n) is 4.62. The molecule has 0 saturated carbocycles. The Hall–Kier alpha value is -1.83. The van der Waals surface area contributed by atoms with E-state index in [1.807, 2.05) is 0 Å². The van der Waals surface area contributed by atoms with Crippen LogP contribution in [0.3, 0.4) is 0 Å². The minimum Gasteiger partial charge on any atom is -0.361 e. The third-order valence-corrected chi connectivity index (χ3v) is 2.10. The molecule has 0 aromatic carbocycles. The van der Waals surface area contributed by atoms with E-state index in [1.54, 1.807) is 20.9 Å². The maximum atomic E-state index is 11.8. The summed E-state index contributed by atoms with van der Waals surface area (Å²) >= 11 is 0. The maximum absolute atomic E-state index is 11.8. The summed E-state index contributed by atoms with van der Waals surface area (Å²) in [7, 11) is 1.66. The number of carbonyl (C=O) groups excluding carboxylic acids is 1. The zero-order chi connectivity index (χ0) is 11.4. The van der Waals surface area contributed by atoms with Crippen molar-refractivity contribution >= 4 is 5.91 Å². The molecule has 5 heteroatoms. The molecule has 0 radical (unpaired) electrons. The molecule has 0 saturated heterocycles. The van der Waals surface area contributed by atoms with Gasteiger partial charge in [-0.2, -0.15) is 5.26 Å². The number of carbonyl (C=O) groups is 1. The van der Waals surface area contributed by atoms with Crippen molar-refractivity contribution in [3.8, 4) is 6.07 Å². The summed E-state index contributed by atoms with van der Waals surface area (Å²) < 4.78 is 4.80. The number of hydrogen-bond acceptors (Lipinski definition) is 4. The van der Waals surface area contributed by atoms with Gasteiger partial charge >= 0.3 is 0 Å². The summed E-state index contributed by atoms with van der Waals surface area (Å²) in [5.41, 5.74) is 0.447. The van der Waals surface area contributed by atoms with Gasteiger partial charge in [-0.15, -0.1) is 0 Å². The molecule has 0 fully saturated rings. The van der Waals surface area contributed by atoms with Crippen LogP contribution in [-0.2, 0) is 0 Å². The molecule has 1 unspecified atom stereocenters. The maximum Gasteiger partial charge on any atom is 0.258 e. The summed E-state index contributed by atoms with van der Waals surface area (Å²) in [6.45, 7) is 3.85. The van der Waals surface area contributed by atoms with Crippen LogP contribution >= 0.6 is 0 Å². The average Bonchev–Trinajstić information content (AvgIpc) is 2.63. The molecular weight excluding hydrogens is 194 g/mol. The van der Waals surface area contributed by atoms with Gasteiger partial charge in [0.25, 0.3) is 5.91 Å². The molecular formula is C10H13N3O2. The molecule has 15 heavy (non-hydrogen) atoms. The van der Waals surface area contributed by atoms with Crippen molar-refractivity contribution in [1.29, 1.82) is 5.26 Å². The lowest BCUT2D eigenvalue weighted by Crippen LogP contribution is -2.30. The normalized spacial score (nSPS) is 11.9. The van der Waals surface area contributed by atoms with Crippen LogP contribution in [0, 0.1) is 24.2 Å². The molecule has 0 aliphatic heterocycles. The molecule has 0 bridgehead atoms. The number of aromatic nitrogens is 1. The van der Waals surface area contributed by atoms with E-state index in [1.165, 1.54) is 11.1 Å². The van der Waals surface area contributed by atoms with Crippen molar-refractivity contribution in [3.63, 3.8) is 0 Å². The van der Waals surface area contributed by atoms with Crippen molar-refractivity contribution in [1.82, 2.24) is 10.1 Å². The molecule has 0 aliphatic carbocycles. The molecule has 1 aromatic rings. The van der Waals surface area contributed by atoms with Crippen molar-refractivity contribution < 1.29 is 9.32 Å². The van der Waals surface area contributed by atoms with E-state index < -0.39 is 0 Å². The fourth-order valence-corrected chi connectivity index (χ4v) is 1.24. The molecule has 80 valence electrons. The lowest BCUT2D eigenvalue weighted by atomic mass is 10.2. The second-order valence-corrected chi connectivity index (χ2v) is 3.51. The van der Waals surface area contributed by atoms with Gasteiger partial charge in [-0.25, -0.2) is 0 Å². The van der Waals surface area contributed by atoms with Crippen LogP contribution in [-0.4, -0.2) is 29.6 Å². The Morgan fingerprint density at radius 2 is 2.47 bits per heavy atom. The molecule has 1 amide bonds.